The number of fused-ring (bicyclic) bond motifs is 1. The molecule has 0 bridgehead atoms. The molecule has 1 aromatic rings. The number of carbonyl (C=O) groups is 2. The van der Waals surface area contributed by atoms with Gasteiger partial charge in [-0.1, -0.05) is 11.6 Å². The molecule has 3 rings (SSSR count). The number of rotatable bonds is 2. The van der Waals surface area contributed by atoms with Crippen LogP contribution in [-0.4, -0.2) is 31.3 Å². The van der Waals surface area contributed by atoms with Gasteiger partial charge in [0.1, 0.15) is 0 Å². The number of benzene rings is 1. The molecule has 1 amide bonds. The number of aryl methyl sites for hydroxylation is 1. The standard InChI is InChI=1S/C15H18N2O2/c1-10-4-5-13(11(7-10)9-18)17-6-2-3-12-14(17)8-16-15(12)19/h4-5,7,9,12,14H,2-3,6,8H2,1H3,(H,16,19). The van der Waals surface area contributed by atoms with Crippen molar-refractivity contribution in [3.63, 3.8) is 0 Å². The number of nitrogens with one attached hydrogen (secondary N) is 1. The summed E-state index contributed by atoms with van der Waals surface area (Å²) in [5, 5.41) is 2.94. The highest BCUT2D eigenvalue weighted by atomic mass is 16.2. The quantitative estimate of drug-likeness (QED) is 0.818. The first kappa shape index (κ1) is 12.2. The molecule has 19 heavy (non-hydrogen) atoms. The van der Waals surface area contributed by atoms with E-state index in [0.717, 1.165) is 42.5 Å². The van der Waals surface area contributed by atoms with E-state index in [1.165, 1.54) is 0 Å². The van der Waals surface area contributed by atoms with Crippen molar-refractivity contribution in [3.05, 3.63) is 29.3 Å². The van der Waals surface area contributed by atoms with Crippen LogP contribution in [0.4, 0.5) is 5.69 Å². The Morgan fingerprint density at radius 2 is 2.26 bits per heavy atom. The molecule has 2 fully saturated rings. The summed E-state index contributed by atoms with van der Waals surface area (Å²) in [6.07, 6.45) is 2.87. The van der Waals surface area contributed by atoms with Crippen LogP contribution in [-0.2, 0) is 4.79 Å². The molecule has 2 atom stereocenters. The topological polar surface area (TPSA) is 49.4 Å². The van der Waals surface area contributed by atoms with Crippen LogP contribution in [0.5, 0.6) is 0 Å². The number of hydrogen-bond acceptors (Lipinski definition) is 3. The van der Waals surface area contributed by atoms with Crippen molar-refractivity contribution in [2.45, 2.75) is 25.8 Å². The summed E-state index contributed by atoms with van der Waals surface area (Å²) in [6, 6.07) is 6.14. The Morgan fingerprint density at radius 3 is 3.05 bits per heavy atom. The Balaban J connectivity index is 1.97. The van der Waals surface area contributed by atoms with Gasteiger partial charge in [0, 0.05) is 24.3 Å². The van der Waals surface area contributed by atoms with Crippen molar-refractivity contribution in [2.24, 2.45) is 5.92 Å². The first-order valence-corrected chi connectivity index (χ1v) is 6.81. The minimum absolute atomic E-state index is 0.0783. The van der Waals surface area contributed by atoms with Gasteiger partial charge >= 0.3 is 0 Å². The highest BCUT2D eigenvalue weighted by Crippen LogP contribution is 2.33. The number of piperidine rings is 1. The molecular weight excluding hydrogens is 240 g/mol. The van der Waals surface area contributed by atoms with E-state index >= 15 is 0 Å². The van der Waals surface area contributed by atoms with Crippen LogP contribution in [0.2, 0.25) is 0 Å². The predicted molar refractivity (Wildman–Crippen MR) is 73.4 cm³/mol. The molecule has 2 aliphatic heterocycles. The molecule has 2 heterocycles. The Bertz CT molecular complexity index is 527. The van der Waals surface area contributed by atoms with Crippen LogP contribution in [0, 0.1) is 12.8 Å². The summed E-state index contributed by atoms with van der Waals surface area (Å²) < 4.78 is 0. The first-order valence-electron chi connectivity index (χ1n) is 6.81. The normalized spacial score (nSPS) is 25.9. The Labute approximate surface area is 112 Å². The minimum Gasteiger partial charge on any atom is -0.365 e. The highest BCUT2D eigenvalue weighted by molar-refractivity contribution is 5.87. The van der Waals surface area contributed by atoms with Gasteiger partial charge in [-0.3, -0.25) is 9.59 Å². The summed E-state index contributed by atoms with van der Waals surface area (Å²) in [4.78, 5) is 25.3. The highest BCUT2D eigenvalue weighted by Gasteiger charge is 2.41. The minimum atomic E-state index is 0.0783. The zero-order valence-corrected chi connectivity index (χ0v) is 11.1. The summed E-state index contributed by atoms with van der Waals surface area (Å²) >= 11 is 0. The summed E-state index contributed by atoms with van der Waals surface area (Å²) in [5.41, 5.74) is 2.77. The maximum atomic E-state index is 11.8. The SMILES string of the molecule is Cc1ccc(N2CCCC3C(=O)NCC32)c(C=O)c1. The molecule has 0 radical (unpaired) electrons. The lowest BCUT2D eigenvalue weighted by atomic mass is 9.90. The first-order chi connectivity index (χ1) is 9.20. The molecule has 2 unspecified atom stereocenters. The van der Waals surface area contributed by atoms with Gasteiger partial charge in [0.15, 0.2) is 6.29 Å². The van der Waals surface area contributed by atoms with Gasteiger partial charge in [0.05, 0.1) is 12.0 Å². The zero-order chi connectivity index (χ0) is 13.4. The molecule has 2 saturated heterocycles. The van der Waals surface area contributed by atoms with E-state index in [4.69, 9.17) is 0 Å². The van der Waals surface area contributed by atoms with Crippen molar-refractivity contribution < 1.29 is 9.59 Å². The van der Waals surface area contributed by atoms with Crippen LogP contribution >= 0.6 is 0 Å². The fraction of sp³-hybridized carbons (Fsp3) is 0.467. The number of nitrogens with zero attached hydrogens (tertiary/aromatic N) is 1. The summed E-state index contributed by atoms with van der Waals surface area (Å²) in [5.74, 6) is 0.240. The molecule has 4 nitrogen and oxygen atoms in total. The lowest BCUT2D eigenvalue weighted by Crippen LogP contribution is -2.46. The summed E-state index contributed by atoms with van der Waals surface area (Å²) in [7, 11) is 0. The Morgan fingerprint density at radius 1 is 1.42 bits per heavy atom. The van der Waals surface area contributed by atoms with E-state index in [1.54, 1.807) is 0 Å². The number of hydrogen-bond donors (Lipinski definition) is 1. The molecule has 0 aromatic heterocycles. The van der Waals surface area contributed by atoms with Crippen molar-refractivity contribution >= 4 is 17.9 Å². The van der Waals surface area contributed by atoms with Gasteiger partial charge in [-0.2, -0.15) is 0 Å². The smallest absolute Gasteiger partial charge is 0.225 e. The third-order valence-electron chi connectivity index (χ3n) is 4.22. The number of anilines is 1. The van der Waals surface area contributed by atoms with Crippen molar-refractivity contribution in [1.82, 2.24) is 5.32 Å². The van der Waals surface area contributed by atoms with Gasteiger partial charge in [-0.15, -0.1) is 0 Å². The second kappa shape index (κ2) is 4.68. The lowest BCUT2D eigenvalue weighted by Gasteiger charge is -2.38. The Kier molecular flexibility index (Phi) is 3.01. The molecule has 4 heteroatoms. The number of amides is 1. The van der Waals surface area contributed by atoms with Crippen LogP contribution in [0.3, 0.4) is 0 Å². The van der Waals surface area contributed by atoms with Crippen molar-refractivity contribution in [1.29, 1.82) is 0 Å². The number of carbonyl (C=O) groups excluding carboxylic acids is 2. The van der Waals surface area contributed by atoms with Crippen LogP contribution in [0.1, 0.15) is 28.8 Å². The molecular formula is C15H18N2O2. The molecule has 0 saturated carbocycles. The third-order valence-corrected chi connectivity index (χ3v) is 4.22. The molecule has 0 spiro atoms. The Hall–Kier alpha value is -1.84. The zero-order valence-electron chi connectivity index (χ0n) is 11.1. The van der Waals surface area contributed by atoms with Crippen molar-refractivity contribution in [3.8, 4) is 0 Å². The van der Waals surface area contributed by atoms with Gasteiger partial charge in [-0.25, -0.2) is 0 Å². The third kappa shape index (κ3) is 2.01. The van der Waals surface area contributed by atoms with E-state index in [-0.39, 0.29) is 17.9 Å². The van der Waals surface area contributed by atoms with Crippen molar-refractivity contribution in [2.75, 3.05) is 18.0 Å². The predicted octanol–water partition coefficient (Wildman–Crippen LogP) is 1.52. The maximum absolute atomic E-state index is 11.8. The number of aldehydes is 1. The fourth-order valence-corrected chi connectivity index (χ4v) is 3.28. The van der Waals surface area contributed by atoms with Crippen LogP contribution in [0.25, 0.3) is 0 Å². The van der Waals surface area contributed by atoms with Gasteiger partial charge < -0.3 is 10.2 Å². The van der Waals surface area contributed by atoms with E-state index in [1.807, 2.05) is 25.1 Å². The van der Waals surface area contributed by atoms with E-state index in [2.05, 4.69) is 10.2 Å². The summed E-state index contributed by atoms with van der Waals surface area (Å²) in [6.45, 7) is 3.59. The monoisotopic (exact) mass is 258 g/mol. The van der Waals surface area contributed by atoms with E-state index in [9.17, 15) is 9.59 Å². The van der Waals surface area contributed by atoms with Gasteiger partial charge in [0.25, 0.3) is 0 Å². The lowest BCUT2D eigenvalue weighted by molar-refractivity contribution is -0.122. The van der Waals surface area contributed by atoms with Gasteiger partial charge in [0.2, 0.25) is 5.91 Å². The fourth-order valence-electron chi connectivity index (χ4n) is 3.28. The van der Waals surface area contributed by atoms with E-state index in [0.29, 0.717) is 6.54 Å². The van der Waals surface area contributed by atoms with Crippen LogP contribution < -0.4 is 10.2 Å². The molecule has 1 aromatic carbocycles. The second-order valence-electron chi connectivity index (χ2n) is 5.43. The molecule has 1 N–H and O–H groups in total. The van der Waals surface area contributed by atoms with E-state index < -0.39 is 0 Å². The van der Waals surface area contributed by atoms with Crippen LogP contribution in [0.15, 0.2) is 18.2 Å². The maximum Gasteiger partial charge on any atom is 0.225 e. The average molecular weight is 258 g/mol. The molecule has 2 aliphatic rings. The average Bonchev–Trinajstić information content (AvgIpc) is 2.81. The second-order valence-corrected chi connectivity index (χ2v) is 5.43. The van der Waals surface area contributed by atoms with Gasteiger partial charge in [-0.05, 0) is 31.9 Å². The molecule has 0 aliphatic carbocycles. The molecule has 100 valence electrons. The largest absolute Gasteiger partial charge is 0.365 e.